The van der Waals surface area contributed by atoms with E-state index in [1.165, 1.54) is 21.7 Å². The lowest BCUT2D eigenvalue weighted by molar-refractivity contribution is 0.391. The quantitative estimate of drug-likeness (QED) is 0.786. The fourth-order valence-electron chi connectivity index (χ4n) is 2.05. The molecule has 1 aromatic heterocycles. The number of rotatable bonds is 6. The van der Waals surface area contributed by atoms with Gasteiger partial charge in [0, 0.05) is 22.3 Å². The zero-order valence-electron chi connectivity index (χ0n) is 12.0. The van der Waals surface area contributed by atoms with Crippen molar-refractivity contribution in [1.82, 2.24) is 5.32 Å². The molecule has 0 saturated carbocycles. The van der Waals surface area contributed by atoms with Gasteiger partial charge in [-0.3, -0.25) is 0 Å². The molecule has 2 rings (SSSR count). The molecule has 1 nitrogen and oxygen atoms in total. The first-order valence-corrected chi connectivity index (χ1v) is 7.90. The molecule has 0 spiro atoms. The summed E-state index contributed by atoms with van der Waals surface area (Å²) in [4.78, 5) is 2.77. The maximum atomic E-state index is 3.62. The molecule has 1 N–H and O–H groups in total. The van der Waals surface area contributed by atoms with Crippen molar-refractivity contribution in [2.45, 2.75) is 39.8 Å². The van der Waals surface area contributed by atoms with Crippen LogP contribution in [-0.4, -0.2) is 6.04 Å². The molecule has 19 heavy (non-hydrogen) atoms. The average molecular weight is 273 g/mol. The van der Waals surface area contributed by atoms with Crippen LogP contribution >= 0.6 is 11.3 Å². The first kappa shape index (κ1) is 14.3. The van der Waals surface area contributed by atoms with E-state index in [2.05, 4.69) is 68.6 Å². The van der Waals surface area contributed by atoms with Gasteiger partial charge < -0.3 is 5.32 Å². The van der Waals surface area contributed by atoms with E-state index < -0.39 is 0 Å². The van der Waals surface area contributed by atoms with Crippen LogP contribution in [0.3, 0.4) is 0 Å². The molecule has 0 saturated heterocycles. The van der Waals surface area contributed by atoms with Crippen molar-refractivity contribution in [3.63, 3.8) is 0 Å². The third-order valence-electron chi connectivity index (χ3n) is 3.82. The highest BCUT2D eigenvalue weighted by atomic mass is 32.1. The Labute approximate surface area is 120 Å². The van der Waals surface area contributed by atoms with Crippen molar-refractivity contribution in [2.24, 2.45) is 5.92 Å². The van der Waals surface area contributed by atoms with E-state index in [9.17, 15) is 0 Å². The van der Waals surface area contributed by atoms with E-state index in [0.717, 1.165) is 12.5 Å². The largest absolute Gasteiger partial charge is 0.309 e. The Hall–Kier alpha value is -1.12. The van der Waals surface area contributed by atoms with Crippen LogP contribution in [0, 0.1) is 5.92 Å². The molecule has 2 unspecified atom stereocenters. The molecule has 0 amide bonds. The van der Waals surface area contributed by atoms with Crippen molar-refractivity contribution < 1.29 is 0 Å². The summed E-state index contributed by atoms with van der Waals surface area (Å²) >= 11 is 1.88. The van der Waals surface area contributed by atoms with Gasteiger partial charge in [0.1, 0.15) is 0 Å². The van der Waals surface area contributed by atoms with Crippen molar-refractivity contribution in [2.75, 3.05) is 0 Å². The van der Waals surface area contributed by atoms with Crippen molar-refractivity contribution in [3.05, 3.63) is 47.3 Å². The van der Waals surface area contributed by atoms with Crippen LogP contribution in [0.15, 0.2) is 42.5 Å². The number of hydrogen-bond donors (Lipinski definition) is 1. The molecule has 0 aliphatic rings. The molecule has 2 atom stereocenters. The Kier molecular flexibility index (Phi) is 5.17. The molecule has 0 aliphatic heterocycles. The first-order valence-electron chi connectivity index (χ1n) is 7.08. The van der Waals surface area contributed by atoms with Gasteiger partial charge in [0.05, 0.1) is 0 Å². The van der Waals surface area contributed by atoms with Gasteiger partial charge in [-0.05, 0) is 30.5 Å². The van der Waals surface area contributed by atoms with Gasteiger partial charge in [0.2, 0.25) is 0 Å². The first-order chi connectivity index (χ1) is 9.20. The maximum Gasteiger partial charge on any atom is 0.0346 e. The fourth-order valence-corrected chi connectivity index (χ4v) is 3.01. The second-order valence-corrected chi connectivity index (χ2v) is 6.36. The van der Waals surface area contributed by atoms with E-state index in [4.69, 9.17) is 0 Å². The van der Waals surface area contributed by atoms with Gasteiger partial charge in [0.15, 0.2) is 0 Å². The standard InChI is InChI=1S/C17H23NS/c1-4-13(2)14(3)18-12-16-10-11-17(19-16)15-8-6-5-7-9-15/h5-11,13-14,18H,4,12H2,1-3H3. The van der Waals surface area contributed by atoms with Gasteiger partial charge in [-0.2, -0.15) is 0 Å². The number of nitrogens with one attached hydrogen (secondary N) is 1. The number of hydrogen-bond acceptors (Lipinski definition) is 2. The summed E-state index contributed by atoms with van der Waals surface area (Å²) in [5.74, 6) is 0.730. The Morgan fingerprint density at radius 1 is 1.05 bits per heavy atom. The molecule has 0 bridgehead atoms. The molecule has 1 heterocycles. The molecular weight excluding hydrogens is 250 g/mol. The fraction of sp³-hybridized carbons (Fsp3) is 0.412. The van der Waals surface area contributed by atoms with Crippen LogP contribution in [0.1, 0.15) is 32.1 Å². The Bertz CT molecular complexity index is 489. The SMILES string of the molecule is CCC(C)C(C)NCc1ccc(-c2ccccc2)s1. The highest BCUT2D eigenvalue weighted by Gasteiger charge is 2.10. The van der Waals surface area contributed by atoms with Crippen LogP contribution in [0.4, 0.5) is 0 Å². The summed E-state index contributed by atoms with van der Waals surface area (Å²) < 4.78 is 0. The molecular formula is C17H23NS. The third-order valence-corrected chi connectivity index (χ3v) is 4.95. The topological polar surface area (TPSA) is 12.0 Å². The van der Waals surface area contributed by atoms with Gasteiger partial charge in [-0.25, -0.2) is 0 Å². The van der Waals surface area contributed by atoms with E-state index in [1.807, 2.05) is 11.3 Å². The predicted octanol–water partition coefficient (Wildman–Crippen LogP) is 4.94. The zero-order chi connectivity index (χ0) is 13.7. The lowest BCUT2D eigenvalue weighted by atomic mass is 10.0. The number of benzene rings is 1. The van der Waals surface area contributed by atoms with Gasteiger partial charge in [0.25, 0.3) is 0 Å². The predicted molar refractivity (Wildman–Crippen MR) is 85.5 cm³/mol. The Morgan fingerprint density at radius 3 is 2.47 bits per heavy atom. The third kappa shape index (κ3) is 3.92. The summed E-state index contributed by atoms with van der Waals surface area (Å²) in [5, 5.41) is 3.62. The highest BCUT2D eigenvalue weighted by Crippen LogP contribution is 2.27. The van der Waals surface area contributed by atoms with Crippen LogP contribution in [-0.2, 0) is 6.54 Å². The minimum Gasteiger partial charge on any atom is -0.309 e. The Morgan fingerprint density at radius 2 is 1.79 bits per heavy atom. The van der Waals surface area contributed by atoms with Crippen molar-refractivity contribution in [3.8, 4) is 10.4 Å². The summed E-state index contributed by atoms with van der Waals surface area (Å²) in [5.41, 5.74) is 1.31. The minimum absolute atomic E-state index is 0.576. The Balaban J connectivity index is 1.95. The van der Waals surface area contributed by atoms with E-state index in [1.54, 1.807) is 0 Å². The molecule has 0 radical (unpaired) electrons. The molecule has 0 fully saturated rings. The van der Waals surface area contributed by atoms with Crippen molar-refractivity contribution >= 4 is 11.3 Å². The summed E-state index contributed by atoms with van der Waals surface area (Å²) in [6.45, 7) is 7.81. The molecule has 2 aromatic rings. The van der Waals surface area contributed by atoms with Crippen LogP contribution in [0.25, 0.3) is 10.4 Å². The highest BCUT2D eigenvalue weighted by molar-refractivity contribution is 7.15. The zero-order valence-corrected chi connectivity index (χ0v) is 12.8. The van der Waals surface area contributed by atoms with Gasteiger partial charge in [-0.15, -0.1) is 11.3 Å². The summed E-state index contributed by atoms with van der Waals surface area (Å²) in [6, 6.07) is 15.6. The van der Waals surface area contributed by atoms with Crippen LogP contribution in [0.2, 0.25) is 0 Å². The average Bonchev–Trinajstić information content (AvgIpc) is 2.93. The number of thiophene rings is 1. The van der Waals surface area contributed by atoms with Crippen LogP contribution < -0.4 is 5.32 Å². The van der Waals surface area contributed by atoms with Gasteiger partial charge >= 0.3 is 0 Å². The monoisotopic (exact) mass is 273 g/mol. The second kappa shape index (κ2) is 6.88. The maximum absolute atomic E-state index is 3.62. The van der Waals surface area contributed by atoms with Crippen LogP contribution in [0.5, 0.6) is 0 Å². The smallest absolute Gasteiger partial charge is 0.0346 e. The minimum atomic E-state index is 0.576. The molecule has 1 aromatic carbocycles. The molecule has 102 valence electrons. The van der Waals surface area contributed by atoms with E-state index >= 15 is 0 Å². The lowest BCUT2D eigenvalue weighted by Crippen LogP contribution is -2.30. The van der Waals surface area contributed by atoms with Gasteiger partial charge in [-0.1, -0.05) is 50.6 Å². The summed E-state index contributed by atoms with van der Waals surface area (Å²) in [7, 11) is 0. The molecule has 0 aliphatic carbocycles. The van der Waals surface area contributed by atoms with Crippen molar-refractivity contribution in [1.29, 1.82) is 0 Å². The summed E-state index contributed by atoms with van der Waals surface area (Å²) in [6.07, 6.45) is 1.23. The lowest BCUT2D eigenvalue weighted by Gasteiger charge is -2.19. The second-order valence-electron chi connectivity index (χ2n) is 5.19. The van der Waals surface area contributed by atoms with E-state index in [-0.39, 0.29) is 0 Å². The molecule has 2 heteroatoms. The van der Waals surface area contributed by atoms with E-state index in [0.29, 0.717) is 6.04 Å². The normalized spacial score (nSPS) is 14.3.